The number of H-pyrrole nitrogens is 1. The van der Waals surface area contributed by atoms with Crippen LogP contribution < -0.4 is 10.3 Å². The molecule has 0 fully saturated rings. The van der Waals surface area contributed by atoms with Gasteiger partial charge in [0.2, 0.25) is 0 Å². The molecule has 5 rings (SSSR count). The number of phenolic OH excluding ortho intramolecular Hbond substituents is 1. The Balaban J connectivity index is 1.64. The first-order valence-electron chi connectivity index (χ1n) is 12.9. The molecular weight excluding hydrogens is 486 g/mol. The lowest BCUT2D eigenvalue weighted by atomic mass is 9.83. The van der Waals surface area contributed by atoms with Crippen molar-refractivity contribution in [1.29, 1.82) is 0 Å². The third kappa shape index (κ3) is 5.11. The summed E-state index contributed by atoms with van der Waals surface area (Å²) in [6.07, 6.45) is 6.14. The van der Waals surface area contributed by atoms with E-state index in [0.29, 0.717) is 55.2 Å². The molecule has 0 saturated carbocycles. The maximum Gasteiger partial charge on any atom is 0.342 e. The van der Waals surface area contributed by atoms with E-state index in [-0.39, 0.29) is 40.4 Å². The van der Waals surface area contributed by atoms with Crippen molar-refractivity contribution in [2.45, 2.75) is 63.9 Å². The molecule has 0 bridgehead atoms. The van der Waals surface area contributed by atoms with Gasteiger partial charge in [0.05, 0.1) is 12.5 Å². The number of ketones is 1. The Bertz CT molecular complexity index is 1520. The van der Waals surface area contributed by atoms with Crippen LogP contribution in [0, 0.1) is 0 Å². The summed E-state index contributed by atoms with van der Waals surface area (Å²) < 4.78 is 11.1. The fraction of sp³-hybridized carbons (Fsp3) is 0.333. The molecule has 38 heavy (non-hydrogen) atoms. The number of Topliss-reactive ketones (excluding diaryl/α,β-unsaturated/α-hetero) is 1. The minimum Gasteiger partial charge on any atom is -0.507 e. The number of allylic oxidation sites excluding steroid dienone is 1. The molecule has 2 atom stereocenters. The van der Waals surface area contributed by atoms with Crippen molar-refractivity contribution < 1.29 is 29.0 Å². The summed E-state index contributed by atoms with van der Waals surface area (Å²) in [4.78, 5) is 54.0. The van der Waals surface area contributed by atoms with Gasteiger partial charge in [0.1, 0.15) is 22.8 Å². The number of esters is 2. The first-order valence-corrected chi connectivity index (χ1v) is 12.9. The van der Waals surface area contributed by atoms with Crippen LogP contribution in [0.2, 0.25) is 0 Å². The highest BCUT2D eigenvalue weighted by molar-refractivity contribution is 5.98. The van der Waals surface area contributed by atoms with E-state index >= 15 is 0 Å². The summed E-state index contributed by atoms with van der Waals surface area (Å²) in [5.41, 5.74) is 1.05. The maximum atomic E-state index is 13.3. The number of nitrogens with one attached hydrogen (secondary N) is 1. The summed E-state index contributed by atoms with van der Waals surface area (Å²) in [7, 11) is 0. The molecule has 2 aromatic carbocycles. The average molecular weight is 516 g/mol. The molecule has 0 spiro atoms. The van der Waals surface area contributed by atoms with Crippen molar-refractivity contribution in [3.05, 3.63) is 75.1 Å². The SMILES string of the molecule is CC1CCCC(=O)CCCC=Cc2cc3c(c(O)c2C(=O)O1)C(c1cc2ccccc2[nH]c1=O)CC(=O)O3. The molecule has 2 unspecified atom stereocenters. The summed E-state index contributed by atoms with van der Waals surface area (Å²) in [6, 6.07) is 10.5. The number of cyclic esters (lactones) is 1. The van der Waals surface area contributed by atoms with Gasteiger partial charge in [0, 0.05) is 35.4 Å². The van der Waals surface area contributed by atoms with Gasteiger partial charge in [-0.15, -0.1) is 0 Å². The van der Waals surface area contributed by atoms with E-state index in [0.717, 1.165) is 5.39 Å². The topological polar surface area (TPSA) is 123 Å². The monoisotopic (exact) mass is 515 g/mol. The number of pyridine rings is 1. The fourth-order valence-electron chi connectivity index (χ4n) is 5.21. The van der Waals surface area contributed by atoms with Crippen molar-refractivity contribution in [3.8, 4) is 11.5 Å². The lowest BCUT2D eigenvalue weighted by Crippen LogP contribution is -2.27. The van der Waals surface area contributed by atoms with Crippen molar-refractivity contribution in [2.24, 2.45) is 0 Å². The predicted molar refractivity (Wildman–Crippen MR) is 141 cm³/mol. The van der Waals surface area contributed by atoms with Crippen LogP contribution in [0.15, 0.2) is 47.3 Å². The van der Waals surface area contributed by atoms with Crippen molar-refractivity contribution in [1.82, 2.24) is 4.98 Å². The van der Waals surface area contributed by atoms with E-state index in [1.165, 1.54) is 6.07 Å². The van der Waals surface area contributed by atoms with Crippen LogP contribution in [0.25, 0.3) is 17.0 Å². The van der Waals surface area contributed by atoms with Gasteiger partial charge >= 0.3 is 11.9 Å². The van der Waals surface area contributed by atoms with Crippen molar-refractivity contribution >= 4 is 34.7 Å². The zero-order chi connectivity index (χ0) is 26.8. The zero-order valence-electron chi connectivity index (χ0n) is 21.1. The Labute approximate surface area is 219 Å². The van der Waals surface area contributed by atoms with Gasteiger partial charge in [-0.2, -0.15) is 0 Å². The first-order chi connectivity index (χ1) is 18.3. The lowest BCUT2D eigenvalue weighted by Gasteiger charge is -2.27. The van der Waals surface area contributed by atoms with Crippen LogP contribution >= 0.6 is 0 Å². The number of para-hydroxylation sites is 1. The molecule has 0 saturated heterocycles. The van der Waals surface area contributed by atoms with E-state index in [2.05, 4.69) is 4.98 Å². The zero-order valence-corrected chi connectivity index (χ0v) is 21.1. The summed E-state index contributed by atoms with van der Waals surface area (Å²) in [5, 5.41) is 12.3. The number of benzene rings is 2. The van der Waals surface area contributed by atoms with Crippen molar-refractivity contribution in [3.63, 3.8) is 0 Å². The number of hydrogen-bond donors (Lipinski definition) is 2. The fourth-order valence-corrected chi connectivity index (χ4v) is 5.21. The van der Waals surface area contributed by atoms with Gasteiger partial charge in [-0.05, 0) is 61.8 Å². The lowest BCUT2D eigenvalue weighted by molar-refractivity contribution is -0.135. The number of ether oxygens (including phenoxy) is 2. The Hall–Kier alpha value is -4.20. The predicted octanol–water partition coefficient (Wildman–Crippen LogP) is 5.16. The third-order valence-electron chi connectivity index (χ3n) is 7.14. The molecule has 1 aromatic heterocycles. The maximum absolute atomic E-state index is 13.3. The quantitative estimate of drug-likeness (QED) is 0.339. The highest BCUT2D eigenvalue weighted by atomic mass is 16.5. The van der Waals surface area contributed by atoms with E-state index < -0.39 is 24.0 Å². The Morgan fingerprint density at radius 2 is 1.82 bits per heavy atom. The summed E-state index contributed by atoms with van der Waals surface area (Å²) in [5.74, 6) is -2.18. The first kappa shape index (κ1) is 25.4. The van der Waals surface area contributed by atoms with Gasteiger partial charge in [-0.1, -0.05) is 30.4 Å². The normalized spacial score (nSPS) is 20.7. The molecule has 8 heteroatoms. The highest BCUT2D eigenvalue weighted by Gasteiger charge is 2.36. The number of rotatable bonds is 1. The van der Waals surface area contributed by atoms with Crippen molar-refractivity contribution in [2.75, 3.05) is 0 Å². The number of phenols is 1. The van der Waals surface area contributed by atoms with Crippen LogP contribution in [-0.4, -0.2) is 33.9 Å². The van der Waals surface area contributed by atoms with E-state index in [4.69, 9.17) is 9.47 Å². The molecule has 3 heterocycles. The highest BCUT2D eigenvalue weighted by Crippen LogP contribution is 2.46. The second kappa shape index (κ2) is 10.7. The number of aromatic hydroxyl groups is 1. The van der Waals surface area contributed by atoms with Crippen LogP contribution in [0.4, 0.5) is 0 Å². The molecule has 2 N–H and O–H groups in total. The number of fused-ring (bicyclic) bond motifs is 3. The molecule has 3 aromatic rings. The number of aromatic amines is 1. The molecule has 8 nitrogen and oxygen atoms in total. The molecule has 0 aliphatic carbocycles. The third-order valence-corrected chi connectivity index (χ3v) is 7.14. The molecular formula is C30H29NO7. The Kier molecular flexibility index (Phi) is 7.13. The van der Waals surface area contributed by atoms with Crippen LogP contribution in [-0.2, 0) is 14.3 Å². The average Bonchev–Trinajstić information content (AvgIpc) is 2.87. The number of carbonyl (C=O) groups is 3. The van der Waals surface area contributed by atoms with Gasteiger partial charge in [0.15, 0.2) is 0 Å². The minimum absolute atomic E-state index is 0.0415. The summed E-state index contributed by atoms with van der Waals surface area (Å²) in [6.45, 7) is 1.75. The standard InChI is InChI=1S/C30H29NO7/c1-17-8-7-12-20(32)11-4-2-3-10-19-15-24-27(28(34)26(19)30(36)37-17)21(16-25(33)38-24)22-14-18-9-5-6-13-23(18)31-29(22)35/h3,5-6,9-10,13-15,17,21,34H,2,4,7-8,11-12,16H2,1H3,(H,31,35). The second-order valence-electron chi connectivity index (χ2n) is 9.91. The van der Waals surface area contributed by atoms with E-state index in [1.54, 1.807) is 25.1 Å². The van der Waals surface area contributed by atoms with Crippen LogP contribution in [0.3, 0.4) is 0 Å². The van der Waals surface area contributed by atoms with Crippen LogP contribution in [0.5, 0.6) is 11.5 Å². The van der Waals surface area contributed by atoms with Gasteiger partial charge < -0.3 is 19.6 Å². The molecule has 0 radical (unpaired) electrons. The number of aromatic nitrogens is 1. The molecule has 196 valence electrons. The molecule has 2 aliphatic heterocycles. The van der Waals surface area contributed by atoms with E-state index in [1.807, 2.05) is 24.3 Å². The number of hydrogen-bond acceptors (Lipinski definition) is 7. The molecule has 0 amide bonds. The van der Waals surface area contributed by atoms with Gasteiger partial charge in [0.25, 0.3) is 5.56 Å². The van der Waals surface area contributed by atoms with Gasteiger partial charge in [-0.3, -0.25) is 14.4 Å². The van der Waals surface area contributed by atoms with Crippen LogP contribution in [0.1, 0.15) is 84.8 Å². The van der Waals surface area contributed by atoms with E-state index in [9.17, 15) is 24.3 Å². The largest absolute Gasteiger partial charge is 0.507 e. The minimum atomic E-state index is -0.821. The second-order valence-corrected chi connectivity index (χ2v) is 9.91. The molecule has 2 aliphatic rings. The number of carbonyl (C=O) groups excluding carboxylic acids is 3. The smallest absolute Gasteiger partial charge is 0.342 e. The summed E-state index contributed by atoms with van der Waals surface area (Å²) >= 11 is 0. The Morgan fingerprint density at radius 3 is 2.66 bits per heavy atom. The Morgan fingerprint density at radius 1 is 1.03 bits per heavy atom. The van der Waals surface area contributed by atoms with Gasteiger partial charge in [-0.25, -0.2) is 4.79 Å².